The number of carbonyl (C=O) groups excluding carboxylic acids is 2. The molecule has 0 unspecified atom stereocenters. The molecule has 28 heavy (non-hydrogen) atoms. The van der Waals surface area contributed by atoms with Gasteiger partial charge >= 0.3 is 12.1 Å². The topological polar surface area (TPSA) is 106 Å². The van der Waals surface area contributed by atoms with Crippen molar-refractivity contribution >= 4 is 12.1 Å². The number of rotatable bonds is 6. The Balaban J connectivity index is 1.96. The normalized spacial score (nSPS) is 10.8. The molecule has 0 fully saturated rings. The summed E-state index contributed by atoms with van der Waals surface area (Å²) in [4.78, 5) is 23.6. The maximum absolute atomic E-state index is 12.0. The lowest BCUT2D eigenvalue weighted by atomic mass is 10.2. The molecule has 0 spiro atoms. The van der Waals surface area contributed by atoms with E-state index in [4.69, 9.17) is 9.47 Å². The SMILES string of the molecule is Cc1nn(-c2ccccc2)c(COC(=O)CCNC(=O)OC(C)(C)C)c1C#N. The zero-order chi connectivity index (χ0) is 20.7. The number of aryl methyl sites for hydroxylation is 1. The summed E-state index contributed by atoms with van der Waals surface area (Å²) in [7, 11) is 0. The van der Waals surface area contributed by atoms with Gasteiger partial charge in [-0.2, -0.15) is 10.4 Å². The number of aromatic nitrogens is 2. The molecule has 2 aromatic rings. The molecule has 0 saturated carbocycles. The number of hydrogen-bond acceptors (Lipinski definition) is 6. The van der Waals surface area contributed by atoms with Crippen molar-refractivity contribution in [3.05, 3.63) is 47.3 Å². The van der Waals surface area contributed by atoms with Crippen molar-refractivity contribution in [3.8, 4) is 11.8 Å². The highest BCUT2D eigenvalue weighted by atomic mass is 16.6. The van der Waals surface area contributed by atoms with E-state index in [2.05, 4.69) is 16.5 Å². The molecule has 148 valence electrons. The second kappa shape index (κ2) is 9.04. The summed E-state index contributed by atoms with van der Waals surface area (Å²) >= 11 is 0. The van der Waals surface area contributed by atoms with Gasteiger partial charge in [-0.1, -0.05) is 18.2 Å². The number of ether oxygens (including phenoxy) is 2. The molecule has 0 radical (unpaired) electrons. The van der Waals surface area contributed by atoms with Crippen LogP contribution in [0.15, 0.2) is 30.3 Å². The summed E-state index contributed by atoms with van der Waals surface area (Å²) in [6.45, 7) is 7.00. The predicted octanol–water partition coefficient (Wildman–Crippen LogP) is 3.01. The van der Waals surface area contributed by atoms with Crippen LogP contribution in [0.1, 0.15) is 44.1 Å². The number of nitrogens with zero attached hydrogens (tertiary/aromatic N) is 3. The molecule has 1 aromatic carbocycles. The lowest BCUT2D eigenvalue weighted by Gasteiger charge is -2.19. The first-order valence-electron chi connectivity index (χ1n) is 8.88. The van der Waals surface area contributed by atoms with Crippen molar-refractivity contribution in [2.45, 2.75) is 46.3 Å². The average molecular weight is 384 g/mol. The number of esters is 1. The number of carbonyl (C=O) groups is 2. The molecule has 1 N–H and O–H groups in total. The molecule has 2 rings (SSSR count). The Hall–Kier alpha value is -3.34. The third-order valence-corrected chi connectivity index (χ3v) is 3.64. The second-order valence-corrected chi connectivity index (χ2v) is 7.11. The van der Waals surface area contributed by atoms with Crippen LogP contribution in [0.5, 0.6) is 0 Å². The van der Waals surface area contributed by atoms with Gasteiger partial charge < -0.3 is 14.8 Å². The Bertz CT molecular complexity index is 876. The van der Waals surface area contributed by atoms with Gasteiger partial charge in [0.2, 0.25) is 0 Å². The molecular formula is C20H24N4O4. The molecule has 0 saturated heterocycles. The van der Waals surface area contributed by atoms with Gasteiger partial charge in [-0.15, -0.1) is 0 Å². The minimum atomic E-state index is -0.605. The van der Waals surface area contributed by atoms with E-state index in [0.717, 1.165) is 5.69 Å². The second-order valence-electron chi connectivity index (χ2n) is 7.11. The van der Waals surface area contributed by atoms with Crippen LogP contribution in [0.4, 0.5) is 4.79 Å². The van der Waals surface area contributed by atoms with Crippen molar-refractivity contribution in [1.29, 1.82) is 5.26 Å². The first kappa shape index (κ1) is 21.0. The van der Waals surface area contributed by atoms with Crippen LogP contribution < -0.4 is 5.32 Å². The zero-order valence-electron chi connectivity index (χ0n) is 16.5. The molecule has 1 heterocycles. The summed E-state index contributed by atoms with van der Waals surface area (Å²) in [6, 6.07) is 11.4. The Morgan fingerprint density at radius 2 is 1.93 bits per heavy atom. The number of nitrogens with one attached hydrogen (secondary N) is 1. The van der Waals surface area contributed by atoms with Crippen molar-refractivity contribution in [2.75, 3.05) is 6.54 Å². The van der Waals surface area contributed by atoms with Crippen LogP contribution in [-0.4, -0.2) is 34.0 Å². The van der Waals surface area contributed by atoms with E-state index >= 15 is 0 Å². The highest BCUT2D eigenvalue weighted by molar-refractivity contribution is 5.72. The lowest BCUT2D eigenvalue weighted by Crippen LogP contribution is -2.33. The molecular weight excluding hydrogens is 360 g/mol. The molecule has 0 bridgehead atoms. The van der Waals surface area contributed by atoms with Gasteiger partial charge in [0.25, 0.3) is 0 Å². The van der Waals surface area contributed by atoms with Crippen LogP contribution >= 0.6 is 0 Å². The molecule has 1 aromatic heterocycles. The largest absolute Gasteiger partial charge is 0.459 e. The van der Waals surface area contributed by atoms with Gasteiger partial charge in [0.15, 0.2) is 0 Å². The minimum absolute atomic E-state index is 0.0143. The number of amides is 1. The Morgan fingerprint density at radius 3 is 2.54 bits per heavy atom. The number of benzene rings is 1. The fourth-order valence-corrected chi connectivity index (χ4v) is 2.44. The quantitative estimate of drug-likeness (QED) is 0.768. The van der Waals surface area contributed by atoms with E-state index in [1.54, 1.807) is 32.4 Å². The Labute approximate surface area is 164 Å². The van der Waals surface area contributed by atoms with Gasteiger partial charge in [0.05, 0.1) is 23.5 Å². The highest BCUT2D eigenvalue weighted by Gasteiger charge is 2.19. The van der Waals surface area contributed by atoms with Crippen LogP contribution in [0, 0.1) is 18.3 Å². The average Bonchev–Trinajstić information content (AvgIpc) is 2.94. The third-order valence-electron chi connectivity index (χ3n) is 3.64. The number of para-hydroxylation sites is 1. The Morgan fingerprint density at radius 1 is 1.25 bits per heavy atom. The van der Waals surface area contributed by atoms with E-state index in [9.17, 15) is 14.9 Å². The first-order chi connectivity index (χ1) is 13.2. The molecule has 8 nitrogen and oxygen atoms in total. The third kappa shape index (κ3) is 5.84. The molecule has 8 heteroatoms. The van der Waals surface area contributed by atoms with E-state index in [1.807, 2.05) is 30.3 Å². The fourth-order valence-electron chi connectivity index (χ4n) is 2.44. The monoisotopic (exact) mass is 384 g/mol. The van der Waals surface area contributed by atoms with Gasteiger partial charge in [0.1, 0.15) is 23.8 Å². The van der Waals surface area contributed by atoms with E-state index in [-0.39, 0.29) is 19.6 Å². The maximum Gasteiger partial charge on any atom is 0.407 e. The summed E-state index contributed by atoms with van der Waals surface area (Å²) in [5.74, 6) is -0.501. The Kier molecular flexibility index (Phi) is 6.77. The summed E-state index contributed by atoms with van der Waals surface area (Å²) in [6.07, 6.45) is -0.607. The fraction of sp³-hybridized carbons (Fsp3) is 0.400. The number of alkyl carbamates (subject to hydrolysis) is 1. The highest BCUT2D eigenvalue weighted by Crippen LogP contribution is 2.19. The van der Waals surface area contributed by atoms with Crippen LogP contribution in [0.25, 0.3) is 5.69 Å². The van der Waals surface area contributed by atoms with E-state index < -0.39 is 17.7 Å². The van der Waals surface area contributed by atoms with Crippen LogP contribution in [-0.2, 0) is 20.9 Å². The summed E-state index contributed by atoms with van der Waals surface area (Å²) in [5, 5.41) is 16.3. The lowest BCUT2D eigenvalue weighted by molar-refractivity contribution is -0.144. The zero-order valence-corrected chi connectivity index (χ0v) is 16.5. The standard InChI is InChI=1S/C20H24N4O4/c1-14-16(12-21)17(24(23-14)15-8-6-5-7-9-15)13-27-18(25)10-11-22-19(26)28-20(2,3)4/h5-9H,10-11,13H2,1-4H3,(H,22,26). The van der Waals surface area contributed by atoms with Gasteiger partial charge in [-0.05, 0) is 39.8 Å². The molecule has 0 aliphatic heterocycles. The van der Waals surface area contributed by atoms with Crippen molar-refractivity contribution in [2.24, 2.45) is 0 Å². The van der Waals surface area contributed by atoms with Gasteiger partial charge in [-0.3, -0.25) is 4.79 Å². The first-order valence-corrected chi connectivity index (χ1v) is 8.88. The van der Waals surface area contributed by atoms with Gasteiger partial charge in [-0.25, -0.2) is 9.48 Å². The van der Waals surface area contributed by atoms with E-state index in [0.29, 0.717) is 17.0 Å². The minimum Gasteiger partial charge on any atom is -0.459 e. The molecule has 0 atom stereocenters. The van der Waals surface area contributed by atoms with Crippen LogP contribution in [0.3, 0.4) is 0 Å². The van der Waals surface area contributed by atoms with Gasteiger partial charge in [0, 0.05) is 6.54 Å². The smallest absolute Gasteiger partial charge is 0.407 e. The van der Waals surface area contributed by atoms with Crippen molar-refractivity contribution in [3.63, 3.8) is 0 Å². The predicted molar refractivity (Wildman–Crippen MR) is 102 cm³/mol. The van der Waals surface area contributed by atoms with Crippen LogP contribution in [0.2, 0.25) is 0 Å². The van der Waals surface area contributed by atoms with Crippen molar-refractivity contribution < 1.29 is 19.1 Å². The molecule has 0 aliphatic rings. The molecule has 0 aliphatic carbocycles. The summed E-state index contributed by atoms with van der Waals surface area (Å²) < 4.78 is 12.0. The van der Waals surface area contributed by atoms with Crippen molar-refractivity contribution in [1.82, 2.24) is 15.1 Å². The maximum atomic E-state index is 12.0. The van der Waals surface area contributed by atoms with E-state index in [1.165, 1.54) is 0 Å². The molecule has 1 amide bonds. The number of hydrogen-bond donors (Lipinski definition) is 1. The summed E-state index contributed by atoms with van der Waals surface area (Å²) in [5.41, 5.74) is 1.60. The number of nitriles is 1.